The lowest BCUT2D eigenvalue weighted by atomic mass is 9.75. The van der Waals surface area contributed by atoms with E-state index in [1.54, 1.807) is 4.90 Å². The van der Waals surface area contributed by atoms with E-state index in [9.17, 15) is 9.90 Å². The predicted octanol–water partition coefficient (Wildman–Crippen LogP) is 0.704. The molecule has 0 aromatic rings. The lowest BCUT2D eigenvalue weighted by Crippen LogP contribution is -2.67. The third-order valence-electron chi connectivity index (χ3n) is 3.61. The first kappa shape index (κ1) is 12.6. The van der Waals surface area contributed by atoms with Gasteiger partial charge in [0.25, 0.3) is 0 Å². The number of hydrogen-bond acceptors (Lipinski definition) is 4. The van der Waals surface area contributed by atoms with Crippen LogP contribution in [0.15, 0.2) is 0 Å². The van der Waals surface area contributed by atoms with Crippen molar-refractivity contribution in [2.45, 2.75) is 57.4 Å². The molecule has 0 spiro atoms. The van der Waals surface area contributed by atoms with Crippen molar-refractivity contribution in [2.75, 3.05) is 6.54 Å². The lowest BCUT2D eigenvalue weighted by Gasteiger charge is -2.51. The summed E-state index contributed by atoms with van der Waals surface area (Å²) < 4.78 is 5.36. The second-order valence-electron chi connectivity index (χ2n) is 6.11. The van der Waals surface area contributed by atoms with Gasteiger partial charge in [0.05, 0.1) is 18.2 Å². The van der Waals surface area contributed by atoms with Gasteiger partial charge in [-0.25, -0.2) is 4.79 Å². The van der Waals surface area contributed by atoms with Gasteiger partial charge in [-0.3, -0.25) is 0 Å². The van der Waals surface area contributed by atoms with Crippen LogP contribution in [-0.4, -0.2) is 46.4 Å². The molecule has 3 N–H and O–H groups in total. The van der Waals surface area contributed by atoms with Crippen LogP contribution in [0, 0.1) is 5.92 Å². The summed E-state index contributed by atoms with van der Waals surface area (Å²) in [5.41, 5.74) is 5.47. The van der Waals surface area contributed by atoms with E-state index in [4.69, 9.17) is 10.5 Å². The van der Waals surface area contributed by atoms with Crippen LogP contribution in [0.4, 0.5) is 4.79 Å². The van der Waals surface area contributed by atoms with Crippen molar-refractivity contribution in [3.8, 4) is 0 Å². The summed E-state index contributed by atoms with van der Waals surface area (Å²) in [5.74, 6) is 0.0996. The van der Waals surface area contributed by atoms with E-state index >= 15 is 0 Å². The highest BCUT2D eigenvalue weighted by Gasteiger charge is 2.47. The minimum Gasteiger partial charge on any atom is -0.444 e. The number of nitrogens with two attached hydrogens (primary N) is 1. The maximum atomic E-state index is 12.0. The molecule has 4 unspecified atom stereocenters. The highest BCUT2D eigenvalue weighted by atomic mass is 16.6. The van der Waals surface area contributed by atoms with Crippen molar-refractivity contribution in [3.63, 3.8) is 0 Å². The Morgan fingerprint density at radius 3 is 2.59 bits per heavy atom. The summed E-state index contributed by atoms with van der Waals surface area (Å²) in [4.78, 5) is 13.7. The Kier molecular flexibility index (Phi) is 3.08. The molecule has 2 aliphatic heterocycles. The highest BCUT2D eigenvalue weighted by molar-refractivity contribution is 5.69. The van der Waals surface area contributed by atoms with Gasteiger partial charge in [0.15, 0.2) is 0 Å². The van der Waals surface area contributed by atoms with Crippen LogP contribution in [0.5, 0.6) is 0 Å². The predicted molar refractivity (Wildman–Crippen MR) is 63.4 cm³/mol. The number of piperidine rings is 2. The van der Waals surface area contributed by atoms with Crippen molar-refractivity contribution in [3.05, 3.63) is 0 Å². The quantitative estimate of drug-likeness (QED) is 0.656. The third kappa shape index (κ3) is 2.40. The summed E-state index contributed by atoms with van der Waals surface area (Å²) in [6.07, 6.45) is 1.02. The number of rotatable bonds is 0. The van der Waals surface area contributed by atoms with Gasteiger partial charge in [-0.1, -0.05) is 0 Å². The van der Waals surface area contributed by atoms with Gasteiger partial charge < -0.3 is 20.5 Å². The fourth-order valence-electron chi connectivity index (χ4n) is 2.77. The number of nitrogens with zero attached hydrogens (tertiary/aromatic N) is 1. The Labute approximate surface area is 102 Å². The second kappa shape index (κ2) is 4.14. The fraction of sp³-hybridized carbons (Fsp3) is 0.917. The summed E-state index contributed by atoms with van der Waals surface area (Å²) in [6.45, 7) is 6.11. The zero-order valence-corrected chi connectivity index (χ0v) is 10.7. The standard InChI is InChI=1S/C12H22N2O3/c1-12(2,3)17-11(16)14-6-7-4-5-8(14)9(13)10(7)15/h7-10,15H,4-6,13H2,1-3H3. The molecule has 2 bridgehead atoms. The maximum absolute atomic E-state index is 12.0. The number of amides is 1. The average molecular weight is 242 g/mol. The number of fused-ring (bicyclic) bond motifs is 3. The van der Waals surface area contributed by atoms with Gasteiger partial charge in [0.2, 0.25) is 0 Å². The number of hydrogen-bond donors (Lipinski definition) is 2. The third-order valence-corrected chi connectivity index (χ3v) is 3.61. The van der Waals surface area contributed by atoms with Crippen LogP contribution in [0.1, 0.15) is 33.6 Å². The summed E-state index contributed by atoms with van der Waals surface area (Å²) >= 11 is 0. The van der Waals surface area contributed by atoms with Crippen LogP contribution in [0.2, 0.25) is 0 Å². The minimum atomic E-state index is -0.490. The van der Waals surface area contributed by atoms with Gasteiger partial charge >= 0.3 is 6.09 Å². The molecule has 1 amide bonds. The molecule has 5 heteroatoms. The monoisotopic (exact) mass is 242 g/mol. The van der Waals surface area contributed by atoms with Crippen molar-refractivity contribution < 1.29 is 14.6 Å². The van der Waals surface area contributed by atoms with Crippen molar-refractivity contribution in [2.24, 2.45) is 11.7 Å². The first-order valence-corrected chi connectivity index (χ1v) is 6.23. The van der Waals surface area contributed by atoms with Gasteiger partial charge in [0.1, 0.15) is 5.60 Å². The van der Waals surface area contributed by atoms with Crippen molar-refractivity contribution in [1.29, 1.82) is 0 Å². The second-order valence-corrected chi connectivity index (χ2v) is 6.11. The summed E-state index contributed by atoms with van der Waals surface area (Å²) in [5, 5.41) is 9.90. The van der Waals surface area contributed by atoms with E-state index in [1.165, 1.54) is 0 Å². The molecule has 2 saturated heterocycles. The van der Waals surface area contributed by atoms with Gasteiger partial charge in [-0.2, -0.15) is 0 Å². The largest absolute Gasteiger partial charge is 0.444 e. The van der Waals surface area contributed by atoms with E-state index < -0.39 is 11.7 Å². The highest BCUT2D eigenvalue weighted by Crippen LogP contribution is 2.35. The Bertz CT molecular complexity index is 311. The van der Waals surface area contributed by atoms with E-state index in [-0.39, 0.29) is 24.1 Å². The van der Waals surface area contributed by atoms with Gasteiger partial charge in [0, 0.05) is 12.5 Å². The SMILES string of the molecule is CC(C)(C)OC(=O)N1CC2CCC1C(N)C2O. The smallest absolute Gasteiger partial charge is 0.410 e. The number of carbonyl (C=O) groups is 1. The van der Waals surface area contributed by atoms with E-state index in [0.717, 1.165) is 12.8 Å². The first-order valence-electron chi connectivity index (χ1n) is 6.23. The molecule has 3 fully saturated rings. The Balaban J connectivity index is 2.06. The van der Waals surface area contributed by atoms with Crippen molar-refractivity contribution in [1.82, 2.24) is 4.90 Å². The molecule has 1 aliphatic carbocycles. The normalized spacial score (nSPS) is 37.1. The molecule has 3 aliphatic rings. The fourth-order valence-corrected chi connectivity index (χ4v) is 2.77. The number of ether oxygens (including phenoxy) is 1. The molecule has 1 saturated carbocycles. The molecule has 3 rings (SSSR count). The Hall–Kier alpha value is -0.810. The molecule has 98 valence electrons. The average Bonchev–Trinajstić information content (AvgIpc) is 2.22. The van der Waals surface area contributed by atoms with Crippen LogP contribution in [-0.2, 0) is 4.74 Å². The summed E-state index contributed by atoms with van der Waals surface area (Å²) in [6, 6.07) is -0.417. The maximum Gasteiger partial charge on any atom is 0.410 e. The minimum absolute atomic E-state index is 0.0788. The molecule has 4 atom stereocenters. The van der Waals surface area contributed by atoms with Crippen LogP contribution >= 0.6 is 0 Å². The molecule has 17 heavy (non-hydrogen) atoms. The zero-order chi connectivity index (χ0) is 12.8. The van der Waals surface area contributed by atoms with Crippen molar-refractivity contribution >= 4 is 6.09 Å². The van der Waals surface area contributed by atoms with E-state index in [2.05, 4.69) is 0 Å². The molecule has 0 radical (unpaired) electrons. The molecule has 0 aromatic carbocycles. The van der Waals surface area contributed by atoms with E-state index in [0.29, 0.717) is 6.54 Å². The van der Waals surface area contributed by atoms with Crippen LogP contribution in [0.25, 0.3) is 0 Å². The van der Waals surface area contributed by atoms with Crippen LogP contribution < -0.4 is 5.73 Å². The van der Waals surface area contributed by atoms with Crippen LogP contribution in [0.3, 0.4) is 0 Å². The zero-order valence-electron chi connectivity index (χ0n) is 10.7. The van der Waals surface area contributed by atoms with Gasteiger partial charge in [-0.05, 0) is 33.6 Å². The number of carbonyl (C=O) groups excluding carboxylic acids is 1. The molecular formula is C12H22N2O3. The Morgan fingerprint density at radius 2 is 2.06 bits per heavy atom. The molecule has 5 nitrogen and oxygen atoms in total. The number of aliphatic hydroxyl groups excluding tert-OH is 1. The number of aliphatic hydroxyl groups is 1. The van der Waals surface area contributed by atoms with Gasteiger partial charge in [-0.15, -0.1) is 0 Å². The Morgan fingerprint density at radius 1 is 1.41 bits per heavy atom. The first-order chi connectivity index (χ1) is 7.79. The topological polar surface area (TPSA) is 75.8 Å². The molecule has 0 aromatic heterocycles. The van der Waals surface area contributed by atoms with E-state index in [1.807, 2.05) is 20.8 Å². The molecule has 2 heterocycles. The lowest BCUT2D eigenvalue weighted by molar-refractivity contribution is -0.0711. The summed E-state index contributed by atoms with van der Waals surface area (Å²) in [7, 11) is 0. The molecular weight excluding hydrogens is 220 g/mol.